The van der Waals surface area contributed by atoms with Crippen molar-refractivity contribution in [2.45, 2.75) is 6.92 Å². The third kappa shape index (κ3) is 2.86. The highest BCUT2D eigenvalue weighted by atomic mass is 15.1. The Bertz CT molecular complexity index is 815. The van der Waals surface area contributed by atoms with Crippen LogP contribution < -0.4 is 4.90 Å². The van der Waals surface area contributed by atoms with Gasteiger partial charge in [0.05, 0.1) is 5.52 Å². The van der Waals surface area contributed by atoms with Crippen molar-refractivity contribution in [1.82, 2.24) is 4.98 Å². The number of anilines is 1. The van der Waals surface area contributed by atoms with Crippen molar-refractivity contribution in [2.75, 3.05) is 19.0 Å². The van der Waals surface area contributed by atoms with Gasteiger partial charge in [-0.05, 0) is 41.8 Å². The second kappa shape index (κ2) is 6.02. The number of nitrogens with zero attached hydrogens (tertiary/aromatic N) is 2. The van der Waals surface area contributed by atoms with E-state index >= 15 is 0 Å². The largest absolute Gasteiger partial charge is 0.378 e. The maximum atomic E-state index is 4.49. The summed E-state index contributed by atoms with van der Waals surface area (Å²) in [6.45, 7) is 2.10. The summed E-state index contributed by atoms with van der Waals surface area (Å²) in [7, 11) is 4.10. The summed E-state index contributed by atoms with van der Waals surface area (Å²) in [6, 6.07) is 16.9. The number of hydrogen-bond acceptors (Lipinski definition) is 2. The van der Waals surface area contributed by atoms with E-state index in [2.05, 4.69) is 91.6 Å². The first-order chi connectivity index (χ1) is 10.6. The van der Waals surface area contributed by atoms with Gasteiger partial charge in [0.1, 0.15) is 0 Å². The third-order valence-corrected chi connectivity index (χ3v) is 3.87. The van der Waals surface area contributed by atoms with Gasteiger partial charge in [0.15, 0.2) is 0 Å². The Morgan fingerprint density at radius 1 is 0.909 bits per heavy atom. The van der Waals surface area contributed by atoms with Crippen molar-refractivity contribution in [1.29, 1.82) is 0 Å². The highest BCUT2D eigenvalue weighted by Gasteiger charge is 2.01. The highest BCUT2D eigenvalue weighted by Crippen LogP contribution is 2.22. The number of aryl methyl sites for hydroxylation is 1. The molecular weight excluding hydrogens is 268 g/mol. The van der Waals surface area contributed by atoms with Crippen LogP contribution in [0, 0.1) is 6.92 Å². The topological polar surface area (TPSA) is 16.1 Å². The second-order valence-electron chi connectivity index (χ2n) is 5.69. The van der Waals surface area contributed by atoms with Gasteiger partial charge in [-0.25, -0.2) is 0 Å². The van der Waals surface area contributed by atoms with Gasteiger partial charge in [0.2, 0.25) is 0 Å². The van der Waals surface area contributed by atoms with Gasteiger partial charge < -0.3 is 4.90 Å². The predicted octanol–water partition coefficient (Wildman–Crippen LogP) is 4.78. The fourth-order valence-corrected chi connectivity index (χ4v) is 2.56. The lowest BCUT2D eigenvalue weighted by Crippen LogP contribution is -2.07. The molecule has 3 aromatic rings. The molecular formula is C20H20N2. The third-order valence-electron chi connectivity index (χ3n) is 3.87. The lowest BCUT2D eigenvalue weighted by molar-refractivity contribution is 1.13. The Kier molecular flexibility index (Phi) is 3.92. The van der Waals surface area contributed by atoms with Gasteiger partial charge in [-0.1, -0.05) is 42.5 Å². The molecule has 0 aliphatic rings. The van der Waals surface area contributed by atoms with E-state index in [0.29, 0.717) is 0 Å². The van der Waals surface area contributed by atoms with E-state index in [-0.39, 0.29) is 0 Å². The Morgan fingerprint density at radius 3 is 2.41 bits per heavy atom. The highest BCUT2D eigenvalue weighted by molar-refractivity contribution is 5.92. The molecule has 0 N–H and O–H groups in total. The summed E-state index contributed by atoms with van der Waals surface area (Å²) < 4.78 is 0. The van der Waals surface area contributed by atoms with Crippen LogP contribution in [0.3, 0.4) is 0 Å². The summed E-state index contributed by atoms with van der Waals surface area (Å²) in [5.74, 6) is 0. The summed E-state index contributed by atoms with van der Waals surface area (Å²) >= 11 is 0. The molecule has 0 atom stereocenters. The average molecular weight is 288 g/mol. The first-order valence-corrected chi connectivity index (χ1v) is 7.45. The summed E-state index contributed by atoms with van der Waals surface area (Å²) in [6.07, 6.45) is 6.19. The molecule has 0 aliphatic heterocycles. The van der Waals surface area contributed by atoms with Crippen LogP contribution in [-0.2, 0) is 0 Å². The van der Waals surface area contributed by atoms with Crippen molar-refractivity contribution in [3.05, 3.63) is 71.4 Å². The minimum absolute atomic E-state index is 1.08. The average Bonchev–Trinajstić information content (AvgIpc) is 2.54. The molecule has 110 valence electrons. The van der Waals surface area contributed by atoms with Crippen LogP contribution >= 0.6 is 0 Å². The number of fused-ring (bicyclic) bond motifs is 1. The standard InChI is InChI=1S/C20H20N2/c1-15-5-4-6-19-17(13-14-21-20(15)19)10-7-16-8-11-18(12-9-16)22(2)3/h4-14H,1-3H3/b10-7+. The maximum absolute atomic E-state index is 4.49. The molecule has 1 aromatic heterocycles. The van der Waals surface area contributed by atoms with Crippen LogP contribution in [0.1, 0.15) is 16.7 Å². The normalized spacial score (nSPS) is 11.2. The van der Waals surface area contributed by atoms with Crippen molar-refractivity contribution in [2.24, 2.45) is 0 Å². The Hall–Kier alpha value is -2.61. The number of hydrogen-bond donors (Lipinski definition) is 0. The SMILES string of the molecule is Cc1cccc2c(/C=C/c3ccc(N(C)C)cc3)ccnc12. The molecule has 0 spiro atoms. The van der Waals surface area contributed by atoms with E-state index in [4.69, 9.17) is 0 Å². The molecule has 0 unspecified atom stereocenters. The number of rotatable bonds is 3. The van der Waals surface area contributed by atoms with Crippen LogP contribution in [0.25, 0.3) is 23.1 Å². The lowest BCUT2D eigenvalue weighted by atomic mass is 10.0. The second-order valence-corrected chi connectivity index (χ2v) is 5.69. The molecule has 0 fully saturated rings. The molecule has 2 aromatic carbocycles. The summed E-state index contributed by atoms with van der Waals surface area (Å²) in [5, 5.41) is 1.20. The van der Waals surface area contributed by atoms with E-state index in [1.165, 1.54) is 27.8 Å². The number of para-hydroxylation sites is 1. The van der Waals surface area contributed by atoms with Crippen LogP contribution in [0.2, 0.25) is 0 Å². The Balaban J connectivity index is 1.94. The Labute approximate surface area is 131 Å². The van der Waals surface area contributed by atoms with Gasteiger partial charge in [0, 0.05) is 31.4 Å². The molecule has 0 radical (unpaired) electrons. The van der Waals surface area contributed by atoms with E-state index in [1.54, 1.807) is 0 Å². The van der Waals surface area contributed by atoms with E-state index < -0.39 is 0 Å². The predicted molar refractivity (Wildman–Crippen MR) is 96.2 cm³/mol. The van der Waals surface area contributed by atoms with Gasteiger partial charge in [0.25, 0.3) is 0 Å². The minimum Gasteiger partial charge on any atom is -0.378 e. The zero-order valence-electron chi connectivity index (χ0n) is 13.2. The molecule has 2 heteroatoms. The quantitative estimate of drug-likeness (QED) is 0.689. The summed E-state index contributed by atoms with van der Waals surface area (Å²) in [4.78, 5) is 6.59. The van der Waals surface area contributed by atoms with Crippen LogP contribution in [0.4, 0.5) is 5.69 Å². The summed E-state index contributed by atoms with van der Waals surface area (Å²) in [5.41, 5.74) is 5.89. The monoisotopic (exact) mass is 288 g/mol. The molecule has 22 heavy (non-hydrogen) atoms. The van der Waals surface area contributed by atoms with Crippen LogP contribution in [-0.4, -0.2) is 19.1 Å². The number of aromatic nitrogens is 1. The molecule has 0 bridgehead atoms. The number of pyridine rings is 1. The fourth-order valence-electron chi connectivity index (χ4n) is 2.56. The van der Waals surface area contributed by atoms with E-state index in [0.717, 1.165) is 5.52 Å². The van der Waals surface area contributed by atoms with Gasteiger partial charge >= 0.3 is 0 Å². The van der Waals surface area contributed by atoms with Crippen molar-refractivity contribution < 1.29 is 0 Å². The fraction of sp³-hybridized carbons (Fsp3) is 0.150. The van der Waals surface area contributed by atoms with Gasteiger partial charge in [-0.15, -0.1) is 0 Å². The van der Waals surface area contributed by atoms with Crippen molar-refractivity contribution in [3.63, 3.8) is 0 Å². The molecule has 3 rings (SSSR count). The first-order valence-electron chi connectivity index (χ1n) is 7.45. The van der Waals surface area contributed by atoms with Crippen LogP contribution in [0.15, 0.2) is 54.7 Å². The molecule has 0 saturated heterocycles. The Morgan fingerprint density at radius 2 is 1.68 bits per heavy atom. The maximum Gasteiger partial charge on any atom is 0.0737 e. The van der Waals surface area contributed by atoms with Gasteiger partial charge in [-0.3, -0.25) is 4.98 Å². The van der Waals surface area contributed by atoms with E-state index in [9.17, 15) is 0 Å². The number of benzene rings is 2. The smallest absolute Gasteiger partial charge is 0.0737 e. The lowest BCUT2D eigenvalue weighted by Gasteiger charge is -2.11. The molecule has 0 amide bonds. The van der Waals surface area contributed by atoms with E-state index in [1.807, 2.05) is 6.20 Å². The first kappa shape index (κ1) is 14.3. The zero-order valence-corrected chi connectivity index (χ0v) is 13.2. The van der Waals surface area contributed by atoms with Gasteiger partial charge in [-0.2, -0.15) is 0 Å². The molecule has 0 aliphatic carbocycles. The molecule has 1 heterocycles. The molecule has 2 nitrogen and oxygen atoms in total. The van der Waals surface area contributed by atoms with Crippen molar-refractivity contribution >= 4 is 28.7 Å². The zero-order chi connectivity index (χ0) is 15.5. The minimum atomic E-state index is 1.08. The van der Waals surface area contributed by atoms with Crippen molar-refractivity contribution in [3.8, 4) is 0 Å². The van der Waals surface area contributed by atoms with Crippen LogP contribution in [0.5, 0.6) is 0 Å². The molecule has 0 saturated carbocycles.